The number of fused-ring (bicyclic) bond motifs is 1. The van der Waals surface area contributed by atoms with Gasteiger partial charge in [0, 0.05) is 43.3 Å². The van der Waals surface area contributed by atoms with Crippen molar-refractivity contribution < 1.29 is 14.3 Å². The molecule has 0 saturated carbocycles. The Morgan fingerprint density at radius 1 is 1.03 bits per heavy atom. The summed E-state index contributed by atoms with van der Waals surface area (Å²) in [4.78, 5) is 18.2. The molecule has 1 amide bonds. The molecule has 6 nitrogen and oxygen atoms in total. The number of hydrogen-bond acceptors (Lipinski definition) is 6. The molecule has 0 atom stereocenters. The summed E-state index contributed by atoms with van der Waals surface area (Å²) in [5, 5.41) is 3.07. The number of nitrogens with one attached hydrogen (secondary N) is 1. The lowest BCUT2D eigenvalue weighted by atomic mass is 10.1. The maximum Gasteiger partial charge on any atom is 0.230 e. The van der Waals surface area contributed by atoms with E-state index in [0.29, 0.717) is 25.5 Å². The zero-order chi connectivity index (χ0) is 20.1. The minimum absolute atomic E-state index is 0.0260. The van der Waals surface area contributed by atoms with Gasteiger partial charge in [0.05, 0.1) is 5.75 Å². The summed E-state index contributed by atoms with van der Waals surface area (Å²) < 4.78 is 11.1. The smallest absolute Gasteiger partial charge is 0.230 e. The first-order valence-corrected chi connectivity index (χ1v) is 11.0. The van der Waals surface area contributed by atoms with E-state index in [9.17, 15) is 4.79 Å². The zero-order valence-corrected chi connectivity index (χ0v) is 17.5. The van der Waals surface area contributed by atoms with Crippen LogP contribution in [0, 0.1) is 0 Å². The summed E-state index contributed by atoms with van der Waals surface area (Å²) >= 11 is 1.51. The van der Waals surface area contributed by atoms with Gasteiger partial charge in [-0.25, -0.2) is 0 Å². The van der Waals surface area contributed by atoms with Crippen molar-refractivity contribution in [1.82, 2.24) is 10.2 Å². The molecule has 2 heterocycles. The Morgan fingerprint density at radius 2 is 1.79 bits per heavy atom. The maximum absolute atomic E-state index is 12.4. The first-order valence-electron chi connectivity index (χ1n) is 9.99. The molecule has 0 aliphatic carbocycles. The molecule has 1 saturated heterocycles. The van der Waals surface area contributed by atoms with E-state index in [1.807, 2.05) is 24.3 Å². The SMILES string of the molecule is CN1CCN(c2ccccc2CNC(=O)CSc2ccc3c(c2)OCCO3)CC1. The maximum atomic E-state index is 12.4. The standard InChI is InChI=1S/C22H27N3O3S/c1-24-8-10-25(11-9-24)19-5-3-2-4-17(19)15-23-22(26)16-29-18-6-7-20-21(14-18)28-13-12-27-20/h2-7,14H,8-13,15-16H2,1H3,(H,23,26). The summed E-state index contributed by atoms with van der Waals surface area (Å²) in [6.45, 7) is 5.84. The molecule has 7 heteroatoms. The lowest BCUT2D eigenvalue weighted by Crippen LogP contribution is -2.45. The second kappa shape index (κ2) is 9.41. The van der Waals surface area contributed by atoms with Gasteiger partial charge in [-0.1, -0.05) is 18.2 Å². The highest BCUT2D eigenvalue weighted by atomic mass is 32.2. The second-order valence-electron chi connectivity index (χ2n) is 7.29. The second-order valence-corrected chi connectivity index (χ2v) is 8.34. The van der Waals surface area contributed by atoms with E-state index < -0.39 is 0 Å². The number of piperazine rings is 1. The van der Waals surface area contributed by atoms with Crippen LogP contribution in [0.2, 0.25) is 0 Å². The van der Waals surface area contributed by atoms with Crippen LogP contribution < -0.4 is 19.7 Å². The van der Waals surface area contributed by atoms with Gasteiger partial charge in [-0.15, -0.1) is 11.8 Å². The average molecular weight is 414 g/mol. The molecule has 29 heavy (non-hydrogen) atoms. The van der Waals surface area contributed by atoms with Gasteiger partial charge < -0.3 is 24.6 Å². The van der Waals surface area contributed by atoms with E-state index in [1.165, 1.54) is 17.4 Å². The molecular formula is C22H27N3O3S. The molecule has 1 fully saturated rings. The van der Waals surface area contributed by atoms with Crippen LogP contribution in [0.25, 0.3) is 0 Å². The number of para-hydroxylation sites is 1. The molecule has 0 radical (unpaired) electrons. The lowest BCUT2D eigenvalue weighted by molar-refractivity contribution is -0.118. The molecule has 2 aromatic carbocycles. The van der Waals surface area contributed by atoms with Gasteiger partial charge in [0.2, 0.25) is 5.91 Å². The molecule has 0 aromatic heterocycles. The number of carbonyl (C=O) groups is 1. The molecule has 2 aliphatic heterocycles. The van der Waals surface area contributed by atoms with Crippen molar-refractivity contribution in [3.63, 3.8) is 0 Å². The quantitative estimate of drug-likeness (QED) is 0.735. The van der Waals surface area contributed by atoms with Crippen molar-refractivity contribution in [2.24, 2.45) is 0 Å². The van der Waals surface area contributed by atoms with Gasteiger partial charge in [0.25, 0.3) is 0 Å². The first-order chi connectivity index (χ1) is 14.2. The summed E-state index contributed by atoms with van der Waals surface area (Å²) in [7, 11) is 2.16. The Bertz CT molecular complexity index is 853. The van der Waals surface area contributed by atoms with Crippen LogP contribution in [-0.2, 0) is 11.3 Å². The molecule has 0 spiro atoms. The van der Waals surface area contributed by atoms with E-state index in [-0.39, 0.29) is 5.91 Å². The summed E-state index contributed by atoms with van der Waals surface area (Å²) in [5.74, 6) is 1.92. The van der Waals surface area contributed by atoms with Gasteiger partial charge in [-0.3, -0.25) is 4.79 Å². The number of anilines is 1. The minimum atomic E-state index is 0.0260. The molecular weight excluding hydrogens is 386 g/mol. The molecule has 2 aliphatic rings. The first kappa shape index (κ1) is 19.9. The predicted octanol–water partition coefficient (Wildman–Crippen LogP) is 2.62. The molecule has 4 rings (SSSR count). The van der Waals surface area contributed by atoms with Gasteiger partial charge in [-0.2, -0.15) is 0 Å². The highest BCUT2D eigenvalue weighted by molar-refractivity contribution is 8.00. The minimum Gasteiger partial charge on any atom is -0.486 e. The Kier molecular flexibility index (Phi) is 6.46. The van der Waals surface area contributed by atoms with Crippen LogP contribution in [0.1, 0.15) is 5.56 Å². The molecule has 0 bridgehead atoms. The number of benzene rings is 2. The predicted molar refractivity (Wildman–Crippen MR) is 116 cm³/mol. The molecule has 2 aromatic rings. The van der Waals surface area contributed by atoms with Crippen LogP contribution in [0.4, 0.5) is 5.69 Å². The van der Waals surface area contributed by atoms with Crippen molar-refractivity contribution >= 4 is 23.4 Å². The van der Waals surface area contributed by atoms with Crippen molar-refractivity contribution in [3.05, 3.63) is 48.0 Å². The number of ether oxygens (including phenoxy) is 2. The number of thioether (sulfide) groups is 1. The topological polar surface area (TPSA) is 54.0 Å². The number of rotatable bonds is 6. The number of likely N-dealkylation sites (N-methyl/N-ethyl adjacent to an activating group) is 1. The van der Waals surface area contributed by atoms with Crippen LogP contribution >= 0.6 is 11.8 Å². The Balaban J connectivity index is 1.30. The Labute approximate surface area is 176 Å². The van der Waals surface area contributed by atoms with E-state index in [1.54, 1.807) is 0 Å². The van der Waals surface area contributed by atoms with Crippen molar-refractivity contribution in [3.8, 4) is 11.5 Å². The van der Waals surface area contributed by atoms with Crippen molar-refractivity contribution in [1.29, 1.82) is 0 Å². The number of nitrogens with zero attached hydrogens (tertiary/aromatic N) is 2. The van der Waals surface area contributed by atoms with Gasteiger partial charge in [0.1, 0.15) is 13.2 Å². The summed E-state index contributed by atoms with van der Waals surface area (Å²) in [5.41, 5.74) is 2.38. The number of carbonyl (C=O) groups excluding carboxylic acids is 1. The van der Waals surface area contributed by atoms with Crippen LogP contribution in [0.3, 0.4) is 0 Å². The van der Waals surface area contributed by atoms with E-state index in [2.05, 4.69) is 40.4 Å². The molecule has 0 unspecified atom stereocenters. The third-order valence-corrected chi connectivity index (χ3v) is 6.19. The van der Waals surface area contributed by atoms with E-state index in [4.69, 9.17) is 9.47 Å². The van der Waals surface area contributed by atoms with Crippen LogP contribution in [0.15, 0.2) is 47.4 Å². The highest BCUT2D eigenvalue weighted by Crippen LogP contribution is 2.34. The number of amides is 1. The Hall–Kier alpha value is -2.38. The fraction of sp³-hybridized carbons (Fsp3) is 0.409. The molecule has 154 valence electrons. The van der Waals surface area contributed by atoms with Gasteiger partial charge in [-0.05, 0) is 36.9 Å². The van der Waals surface area contributed by atoms with Gasteiger partial charge in [0.15, 0.2) is 11.5 Å². The molecule has 1 N–H and O–H groups in total. The normalized spacial score (nSPS) is 16.5. The van der Waals surface area contributed by atoms with Crippen LogP contribution in [0.5, 0.6) is 11.5 Å². The highest BCUT2D eigenvalue weighted by Gasteiger charge is 2.17. The zero-order valence-electron chi connectivity index (χ0n) is 16.7. The van der Waals surface area contributed by atoms with Crippen molar-refractivity contribution in [2.75, 3.05) is 57.1 Å². The lowest BCUT2D eigenvalue weighted by Gasteiger charge is -2.35. The monoisotopic (exact) mass is 413 g/mol. The fourth-order valence-corrected chi connectivity index (χ4v) is 4.28. The Morgan fingerprint density at radius 3 is 2.62 bits per heavy atom. The third kappa shape index (κ3) is 5.16. The average Bonchev–Trinajstić information content (AvgIpc) is 2.77. The third-order valence-electron chi connectivity index (χ3n) is 5.20. The van der Waals surface area contributed by atoms with Crippen LogP contribution in [-0.4, -0.2) is 63.0 Å². The largest absolute Gasteiger partial charge is 0.486 e. The fourth-order valence-electron chi connectivity index (χ4n) is 3.52. The van der Waals surface area contributed by atoms with E-state index >= 15 is 0 Å². The summed E-state index contributed by atoms with van der Waals surface area (Å²) in [6, 6.07) is 14.2. The van der Waals surface area contributed by atoms with Crippen molar-refractivity contribution in [2.45, 2.75) is 11.4 Å². The van der Waals surface area contributed by atoms with Gasteiger partial charge >= 0.3 is 0 Å². The summed E-state index contributed by atoms with van der Waals surface area (Å²) in [6.07, 6.45) is 0. The van der Waals surface area contributed by atoms with E-state index in [0.717, 1.165) is 48.1 Å². The number of hydrogen-bond donors (Lipinski definition) is 1.